The van der Waals surface area contributed by atoms with Gasteiger partial charge in [-0.2, -0.15) is 5.10 Å². The maximum atomic E-state index is 13.4. The first-order chi connectivity index (χ1) is 15.5. The Bertz CT molecular complexity index is 1040. The number of nitrogens with zero attached hydrogens (tertiary/aromatic N) is 3. The highest BCUT2D eigenvalue weighted by Gasteiger charge is 2.19. The summed E-state index contributed by atoms with van der Waals surface area (Å²) in [4.78, 5) is 17.2. The molecule has 6 nitrogen and oxygen atoms in total. The van der Waals surface area contributed by atoms with Crippen molar-refractivity contribution in [2.75, 3.05) is 19.8 Å². The van der Waals surface area contributed by atoms with E-state index in [0.717, 1.165) is 60.0 Å². The van der Waals surface area contributed by atoms with Crippen LogP contribution >= 0.6 is 11.3 Å². The van der Waals surface area contributed by atoms with Crippen LogP contribution in [0.2, 0.25) is 0 Å². The number of hydrogen-bond acceptors (Lipinski definition) is 5. The SMILES string of the molecule is CCC(C)n1cc(-c2nc(CC(=O)NCC3CCOCC3)cs2)c(-c2ccc(F)cc2)n1. The average molecular weight is 457 g/mol. The van der Waals surface area contributed by atoms with Crippen molar-refractivity contribution in [2.45, 2.75) is 45.6 Å². The Morgan fingerprint density at radius 2 is 2.06 bits per heavy atom. The molecule has 32 heavy (non-hydrogen) atoms. The lowest BCUT2D eigenvalue weighted by Crippen LogP contribution is -2.33. The number of ether oxygens (including phenoxy) is 1. The average Bonchev–Trinajstić information content (AvgIpc) is 3.46. The van der Waals surface area contributed by atoms with E-state index in [1.807, 2.05) is 16.3 Å². The van der Waals surface area contributed by atoms with Crippen LogP contribution in [0.5, 0.6) is 0 Å². The number of rotatable bonds is 8. The third kappa shape index (κ3) is 5.42. The summed E-state index contributed by atoms with van der Waals surface area (Å²) < 4.78 is 20.8. The molecule has 1 fully saturated rings. The van der Waals surface area contributed by atoms with Crippen molar-refractivity contribution in [3.05, 3.63) is 47.4 Å². The minimum atomic E-state index is -0.278. The Balaban J connectivity index is 1.50. The number of amides is 1. The molecule has 0 bridgehead atoms. The minimum absolute atomic E-state index is 0.0117. The Hall–Kier alpha value is -2.58. The molecule has 0 radical (unpaired) electrons. The highest BCUT2D eigenvalue weighted by atomic mass is 32.1. The van der Waals surface area contributed by atoms with Crippen LogP contribution in [0, 0.1) is 11.7 Å². The highest BCUT2D eigenvalue weighted by molar-refractivity contribution is 7.13. The summed E-state index contributed by atoms with van der Waals surface area (Å²) >= 11 is 1.50. The summed E-state index contributed by atoms with van der Waals surface area (Å²) in [6, 6.07) is 6.59. The molecular formula is C24H29FN4O2S. The fraction of sp³-hybridized carbons (Fsp3) is 0.458. The monoisotopic (exact) mass is 456 g/mol. The van der Waals surface area contributed by atoms with Crippen LogP contribution in [0.1, 0.15) is 44.8 Å². The van der Waals surface area contributed by atoms with E-state index in [0.29, 0.717) is 12.5 Å². The zero-order chi connectivity index (χ0) is 22.5. The predicted octanol–water partition coefficient (Wildman–Crippen LogP) is 4.87. The van der Waals surface area contributed by atoms with E-state index in [2.05, 4.69) is 19.2 Å². The molecule has 1 aliphatic heterocycles. The lowest BCUT2D eigenvalue weighted by Gasteiger charge is -2.22. The Kier molecular flexibility index (Phi) is 7.32. The first kappa shape index (κ1) is 22.6. The molecule has 0 aliphatic carbocycles. The van der Waals surface area contributed by atoms with Gasteiger partial charge in [0.2, 0.25) is 5.91 Å². The summed E-state index contributed by atoms with van der Waals surface area (Å²) in [7, 11) is 0. The zero-order valence-corrected chi connectivity index (χ0v) is 19.3. The van der Waals surface area contributed by atoms with Crippen molar-refractivity contribution >= 4 is 17.2 Å². The Morgan fingerprint density at radius 3 is 2.78 bits per heavy atom. The maximum absolute atomic E-state index is 13.4. The van der Waals surface area contributed by atoms with Gasteiger partial charge < -0.3 is 10.1 Å². The predicted molar refractivity (Wildman–Crippen MR) is 124 cm³/mol. The maximum Gasteiger partial charge on any atom is 0.226 e. The molecule has 3 aromatic rings. The number of benzene rings is 1. The van der Waals surface area contributed by atoms with Crippen LogP contribution in [0.3, 0.4) is 0 Å². The number of carbonyl (C=O) groups excluding carboxylic acids is 1. The number of thiazole rings is 1. The molecule has 1 atom stereocenters. The number of nitrogens with one attached hydrogen (secondary N) is 1. The van der Waals surface area contributed by atoms with E-state index in [1.54, 1.807) is 12.1 Å². The normalized spacial score (nSPS) is 15.6. The molecule has 8 heteroatoms. The lowest BCUT2D eigenvalue weighted by molar-refractivity contribution is -0.120. The summed E-state index contributed by atoms with van der Waals surface area (Å²) in [5.41, 5.74) is 3.26. The molecule has 1 N–H and O–H groups in total. The van der Waals surface area contributed by atoms with Gasteiger partial charge in [0.1, 0.15) is 16.5 Å². The highest BCUT2D eigenvalue weighted by Crippen LogP contribution is 2.34. The molecule has 0 saturated carbocycles. The van der Waals surface area contributed by atoms with Crippen LogP contribution in [0.25, 0.3) is 21.8 Å². The van der Waals surface area contributed by atoms with E-state index in [9.17, 15) is 9.18 Å². The molecule has 1 unspecified atom stereocenters. The van der Waals surface area contributed by atoms with E-state index >= 15 is 0 Å². The van der Waals surface area contributed by atoms with E-state index in [1.165, 1.54) is 23.5 Å². The molecule has 3 heterocycles. The van der Waals surface area contributed by atoms with Crippen LogP contribution in [0.4, 0.5) is 4.39 Å². The van der Waals surface area contributed by atoms with Crippen LogP contribution in [0.15, 0.2) is 35.8 Å². The molecule has 1 saturated heterocycles. The topological polar surface area (TPSA) is 69.0 Å². The Morgan fingerprint density at radius 1 is 1.31 bits per heavy atom. The quantitative estimate of drug-likeness (QED) is 0.525. The largest absolute Gasteiger partial charge is 0.381 e. The van der Waals surface area contributed by atoms with Gasteiger partial charge in [0.05, 0.1) is 17.7 Å². The third-order valence-corrected chi connectivity index (χ3v) is 6.87. The van der Waals surface area contributed by atoms with Crippen LogP contribution < -0.4 is 5.32 Å². The zero-order valence-electron chi connectivity index (χ0n) is 18.5. The summed E-state index contributed by atoms with van der Waals surface area (Å²) in [5.74, 6) is 0.200. The van der Waals surface area contributed by atoms with Crippen molar-refractivity contribution in [1.29, 1.82) is 0 Å². The molecule has 170 valence electrons. The van der Waals surface area contributed by atoms with Crippen molar-refractivity contribution < 1.29 is 13.9 Å². The fourth-order valence-corrected chi connectivity index (χ4v) is 4.56. The van der Waals surface area contributed by atoms with Crippen LogP contribution in [-0.4, -0.2) is 40.4 Å². The number of halogens is 1. The van der Waals surface area contributed by atoms with E-state index < -0.39 is 0 Å². The van der Waals surface area contributed by atoms with Crippen molar-refractivity contribution in [3.63, 3.8) is 0 Å². The smallest absolute Gasteiger partial charge is 0.226 e. The first-order valence-corrected chi connectivity index (χ1v) is 12.1. The molecule has 1 aliphatic rings. The van der Waals surface area contributed by atoms with Gasteiger partial charge in [-0.3, -0.25) is 9.48 Å². The van der Waals surface area contributed by atoms with Crippen LogP contribution in [-0.2, 0) is 16.0 Å². The van der Waals surface area contributed by atoms with E-state index in [-0.39, 0.29) is 24.2 Å². The minimum Gasteiger partial charge on any atom is -0.381 e. The number of hydrogen-bond donors (Lipinski definition) is 1. The molecule has 2 aromatic heterocycles. The van der Waals surface area contributed by atoms with Gasteiger partial charge in [-0.05, 0) is 56.4 Å². The van der Waals surface area contributed by atoms with Gasteiger partial charge >= 0.3 is 0 Å². The summed E-state index contributed by atoms with van der Waals surface area (Å²) in [6.45, 7) is 6.47. The van der Waals surface area contributed by atoms with Gasteiger partial charge in [-0.15, -0.1) is 11.3 Å². The van der Waals surface area contributed by atoms with Crippen molar-refractivity contribution in [2.24, 2.45) is 5.92 Å². The molecular weight excluding hydrogens is 427 g/mol. The second kappa shape index (κ2) is 10.4. The third-order valence-electron chi connectivity index (χ3n) is 5.94. The first-order valence-electron chi connectivity index (χ1n) is 11.2. The lowest BCUT2D eigenvalue weighted by atomic mass is 10.0. The fourth-order valence-electron chi connectivity index (χ4n) is 3.73. The summed E-state index contributed by atoms with van der Waals surface area (Å²) in [5, 5.41) is 10.6. The molecule has 1 aromatic carbocycles. The molecule has 1 amide bonds. The Labute approximate surface area is 191 Å². The van der Waals surface area contributed by atoms with Gasteiger partial charge in [0.25, 0.3) is 0 Å². The second-order valence-electron chi connectivity index (χ2n) is 8.32. The summed E-state index contributed by atoms with van der Waals surface area (Å²) in [6.07, 6.45) is 5.19. The van der Waals surface area contributed by atoms with E-state index in [4.69, 9.17) is 14.8 Å². The van der Waals surface area contributed by atoms with Gasteiger partial charge in [-0.25, -0.2) is 9.37 Å². The van der Waals surface area contributed by atoms with Crippen molar-refractivity contribution in [3.8, 4) is 21.8 Å². The van der Waals surface area contributed by atoms with Crippen molar-refractivity contribution in [1.82, 2.24) is 20.1 Å². The second-order valence-corrected chi connectivity index (χ2v) is 9.17. The molecule has 4 rings (SSSR count). The van der Waals surface area contributed by atoms with Gasteiger partial charge in [-0.1, -0.05) is 6.92 Å². The molecule has 0 spiro atoms. The number of aromatic nitrogens is 3. The van der Waals surface area contributed by atoms with Gasteiger partial charge in [0, 0.05) is 42.9 Å². The standard InChI is InChI=1S/C24H29FN4O2S/c1-3-16(2)29-14-21(23(28-29)18-4-6-19(25)7-5-18)24-27-20(15-32-24)12-22(30)26-13-17-8-10-31-11-9-17/h4-7,14-17H,3,8-13H2,1-2H3,(H,26,30). The number of carbonyl (C=O) groups is 1. The van der Waals surface area contributed by atoms with Gasteiger partial charge in [0.15, 0.2) is 0 Å².